The van der Waals surface area contributed by atoms with Crippen molar-refractivity contribution >= 4 is 19.1 Å². The van der Waals surface area contributed by atoms with Crippen LogP contribution < -0.4 is 0 Å². The van der Waals surface area contributed by atoms with E-state index in [-0.39, 0.29) is 15.9 Å². The van der Waals surface area contributed by atoms with Gasteiger partial charge in [-0.05, 0) is 38.5 Å². The third-order valence-corrected chi connectivity index (χ3v) is 2.00. The molecule has 0 saturated heterocycles. The maximum absolute atomic E-state index is 4.81. The maximum atomic E-state index is 4.81. The molecule has 0 radical (unpaired) electrons. The fraction of sp³-hybridized carbons (Fsp3) is 0.500. The van der Waals surface area contributed by atoms with Crippen LogP contribution in [0.2, 0.25) is 0 Å². The van der Waals surface area contributed by atoms with Gasteiger partial charge in [0.15, 0.2) is 0 Å². The summed E-state index contributed by atoms with van der Waals surface area (Å²) in [4.78, 5) is 0. The molecule has 0 spiro atoms. The van der Waals surface area contributed by atoms with Gasteiger partial charge in [-0.3, -0.25) is 0 Å². The van der Waals surface area contributed by atoms with E-state index in [1.165, 1.54) is 38.5 Å². The molecule has 0 aromatic rings. The molecular formula is C12H18Cl2Pd. The van der Waals surface area contributed by atoms with Gasteiger partial charge in [-0.2, -0.15) is 0 Å². The normalized spacial score (nSPS) is 21.7. The first-order chi connectivity index (χ1) is 7.41. The molecule has 0 unspecified atom stereocenters. The molecule has 1 aliphatic rings. The summed E-state index contributed by atoms with van der Waals surface area (Å²) in [5.41, 5.74) is 0. The summed E-state index contributed by atoms with van der Waals surface area (Å²) in [6.45, 7) is 0. The second-order valence-electron chi connectivity index (χ2n) is 3.19. The van der Waals surface area contributed by atoms with E-state index < -0.39 is 0 Å². The molecule has 0 fully saturated rings. The molecule has 0 bridgehead atoms. The zero-order valence-electron chi connectivity index (χ0n) is 8.78. The molecule has 0 heterocycles. The summed E-state index contributed by atoms with van der Waals surface area (Å²) in [7, 11) is 9.63. The van der Waals surface area contributed by atoms with Crippen LogP contribution in [0.4, 0.5) is 0 Å². The molecule has 0 aliphatic heterocycles. The Balaban J connectivity index is 0.000000583. The van der Waals surface area contributed by atoms with Gasteiger partial charge in [-0.15, -0.1) is 0 Å². The van der Waals surface area contributed by atoms with E-state index in [9.17, 15) is 0 Å². The number of hydrogen-bond acceptors (Lipinski definition) is 0. The number of allylic oxidation sites excluding steroid dienone is 6. The van der Waals surface area contributed by atoms with Crippen LogP contribution >= 0.6 is 19.1 Å². The third-order valence-electron chi connectivity index (χ3n) is 2.00. The predicted octanol–water partition coefficient (Wildman–Crippen LogP) is 5.39. The van der Waals surface area contributed by atoms with Gasteiger partial charge in [-0.25, -0.2) is 0 Å². The first-order valence-corrected chi connectivity index (χ1v) is 9.19. The van der Waals surface area contributed by atoms with Gasteiger partial charge < -0.3 is 0 Å². The molecule has 90 valence electrons. The molecule has 3 heteroatoms. The van der Waals surface area contributed by atoms with Crippen LogP contribution in [0.25, 0.3) is 0 Å². The van der Waals surface area contributed by atoms with Gasteiger partial charge in [0.1, 0.15) is 0 Å². The van der Waals surface area contributed by atoms with Gasteiger partial charge in [0.25, 0.3) is 0 Å². The average molecular weight is 340 g/mol. The number of hydrogen-bond donors (Lipinski definition) is 0. The summed E-state index contributed by atoms with van der Waals surface area (Å²) in [6, 6.07) is 0. The van der Waals surface area contributed by atoms with Gasteiger partial charge >= 0.3 is 35.0 Å². The molecule has 1 aliphatic carbocycles. The van der Waals surface area contributed by atoms with E-state index >= 15 is 0 Å². The van der Waals surface area contributed by atoms with Crippen LogP contribution in [0, 0.1) is 0 Å². The van der Waals surface area contributed by atoms with Gasteiger partial charge in [0, 0.05) is 0 Å². The van der Waals surface area contributed by atoms with Crippen LogP contribution in [-0.4, -0.2) is 0 Å². The van der Waals surface area contributed by atoms with Crippen molar-refractivity contribution in [2.24, 2.45) is 0 Å². The predicted molar refractivity (Wildman–Crippen MR) is 66.8 cm³/mol. The quantitative estimate of drug-likeness (QED) is 0.410. The van der Waals surface area contributed by atoms with Crippen molar-refractivity contribution in [2.75, 3.05) is 0 Å². The van der Waals surface area contributed by atoms with Crippen molar-refractivity contribution in [3.63, 3.8) is 0 Å². The molecule has 0 atom stereocenters. The first-order valence-electron chi connectivity index (χ1n) is 5.19. The van der Waals surface area contributed by atoms with E-state index in [1.807, 2.05) is 0 Å². The van der Waals surface area contributed by atoms with Crippen molar-refractivity contribution < 1.29 is 15.9 Å². The number of halogens is 2. The van der Waals surface area contributed by atoms with Gasteiger partial charge in [0.2, 0.25) is 0 Å². The van der Waals surface area contributed by atoms with E-state index in [4.69, 9.17) is 19.1 Å². The van der Waals surface area contributed by atoms with Gasteiger partial charge in [0.05, 0.1) is 0 Å². The van der Waals surface area contributed by atoms with E-state index in [0.717, 1.165) is 0 Å². The fourth-order valence-corrected chi connectivity index (χ4v) is 1.28. The van der Waals surface area contributed by atoms with Crippen molar-refractivity contribution in [1.29, 1.82) is 0 Å². The van der Waals surface area contributed by atoms with Crippen LogP contribution in [0.1, 0.15) is 38.5 Å². The van der Waals surface area contributed by atoms with Crippen molar-refractivity contribution in [3.8, 4) is 0 Å². The summed E-state index contributed by atoms with van der Waals surface area (Å²) in [5, 5.41) is 0. The molecule has 0 nitrogen and oxygen atoms in total. The molecule has 15 heavy (non-hydrogen) atoms. The van der Waals surface area contributed by atoms with Gasteiger partial charge in [-0.1, -0.05) is 36.5 Å². The minimum absolute atomic E-state index is 0.106. The fourth-order valence-electron chi connectivity index (χ4n) is 1.28. The second kappa shape index (κ2) is 14.5. The average Bonchev–Trinajstić information content (AvgIpc) is 2.19. The Kier molecular flexibility index (Phi) is 14.9. The Hall–Kier alpha value is 0.462. The standard InChI is InChI=1S/C12H18.2ClH.Pd/c1-2-4-6-8-10-12-11-9-7-5-3-1;;;/h1-2,7-10H,3-6,11-12H2;2*1H;/q;;;+2/p-2/b2-1-,9-7-,10-8?;;;. The summed E-state index contributed by atoms with van der Waals surface area (Å²) in [5.74, 6) is 0. The molecule has 0 amide bonds. The van der Waals surface area contributed by atoms with Crippen LogP contribution in [0.15, 0.2) is 36.5 Å². The van der Waals surface area contributed by atoms with Crippen LogP contribution in [-0.2, 0) is 15.9 Å². The third kappa shape index (κ3) is 14.5. The molecule has 1 rings (SSSR count). The Morgan fingerprint density at radius 1 is 0.533 bits per heavy atom. The monoisotopic (exact) mass is 338 g/mol. The van der Waals surface area contributed by atoms with E-state index in [1.54, 1.807) is 0 Å². The Morgan fingerprint density at radius 2 is 0.667 bits per heavy atom. The molecular weight excluding hydrogens is 321 g/mol. The van der Waals surface area contributed by atoms with Crippen LogP contribution in [0.5, 0.6) is 0 Å². The van der Waals surface area contributed by atoms with E-state index in [0.29, 0.717) is 0 Å². The van der Waals surface area contributed by atoms with Crippen molar-refractivity contribution in [2.45, 2.75) is 38.5 Å². The first kappa shape index (κ1) is 15.5. The van der Waals surface area contributed by atoms with E-state index in [2.05, 4.69) is 36.5 Å². The minimum atomic E-state index is -0.106. The van der Waals surface area contributed by atoms with Crippen LogP contribution in [0.3, 0.4) is 0 Å². The molecule has 0 aromatic carbocycles. The number of rotatable bonds is 0. The summed E-state index contributed by atoms with van der Waals surface area (Å²) in [6.07, 6.45) is 21.0. The Morgan fingerprint density at radius 3 is 0.800 bits per heavy atom. The summed E-state index contributed by atoms with van der Waals surface area (Å²) < 4.78 is 0. The SMILES string of the molecule is C1=CCC/C=C\CC/C=C\CC1.[Cl][Pd][Cl]. The Labute approximate surface area is 110 Å². The zero-order valence-corrected chi connectivity index (χ0v) is 11.8. The topological polar surface area (TPSA) is 0 Å². The van der Waals surface area contributed by atoms with Crippen molar-refractivity contribution in [3.05, 3.63) is 36.5 Å². The Bertz CT molecular complexity index is 147. The molecule has 0 aromatic heterocycles. The second-order valence-corrected chi connectivity index (χ2v) is 5.55. The zero-order chi connectivity index (χ0) is 11.2. The van der Waals surface area contributed by atoms with Crippen molar-refractivity contribution in [1.82, 2.24) is 0 Å². The molecule has 0 saturated carbocycles. The summed E-state index contributed by atoms with van der Waals surface area (Å²) >= 11 is -0.106. The molecule has 0 N–H and O–H groups in total.